The zero-order valence-electron chi connectivity index (χ0n) is 12.1. The van der Waals surface area contributed by atoms with Gasteiger partial charge in [-0.2, -0.15) is 0 Å². The summed E-state index contributed by atoms with van der Waals surface area (Å²) in [5, 5.41) is 9.49. The van der Waals surface area contributed by atoms with Gasteiger partial charge in [-0.15, -0.1) is 0 Å². The molecule has 1 aromatic carbocycles. The van der Waals surface area contributed by atoms with E-state index in [0.29, 0.717) is 0 Å². The number of hydrogen-bond acceptors (Lipinski definition) is 4. The number of halogens is 1. The summed E-state index contributed by atoms with van der Waals surface area (Å²) in [5.41, 5.74) is 1.16. The molecule has 2 rings (SSSR count). The van der Waals surface area contributed by atoms with Crippen LogP contribution in [0.5, 0.6) is 11.5 Å². The van der Waals surface area contributed by atoms with E-state index in [2.05, 4.69) is 20.8 Å². The van der Waals surface area contributed by atoms with E-state index in [0.717, 1.165) is 41.0 Å². The summed E-state index contributed by atoms with van der Waals surface area (Å²) in [6, 6.07) is 4.21. The van der Waals surface area contributed by atoms with Crippen molar-refractivity contribution >= 4 is 15.9 Å². The molecule has 1 N–H and O–H groups in total. The molecule has 0 amide bonds. The number of aliphatic hydroxyl groups is 1. The summed E-state index contributed by atoms with van der Waals surface area (Å²) in [5.74, 6) is 1.46. The normalized spacial score (nSPS) is 19.9. The van der Waals surface area contributed by atoms with Crippen LogP contribution in [0.1, 0.15) is 24.8 Å². The molecule has 1 aromatic rings. The van der Waals surface area contributed by atoms with Crippen LogP contribution < -0.4 is 9.47 Å². The molecule has 0 aliphatic carbocycles. The molecular weight excluding hydrogens is 322 g/mol. The highest BCUT2D eigenvalue weighted by Crippen LogP contribution is 2.34. The number of likely N-dealkylation sites (tertiary alicyclic amines) is 1. The molecule has 112 valence electrons. The third kappa shape index (κ3) is 3.45. The lowest BCUT2D eigenvalue weighted by Crippen LogP contribution is -2.41. The van der Waals surface area contributed by atoms with Crippen molar-refractivity contribution in [2.75, 3.05) is 27.4 Å². The number of benzene rings is 1. The van der Waals surface area contributed by atoms with Crippen LogP contribution in [0.2, 0.25) is 0 Å². The molecule has 1 fully saturated rings. The van der Waals surface area contributed by atoms with Gasteiger partial charge in [0, 0.05) is 17.1 Å². The van der Waals surface area contributed by atoms with Crippen molar-refractivity contribution in [3.05, 3.63) is 22.2 Å². The maximum atomic E-state index is 9.49. The van der Waals surface area contributed by atoms with Crippen molar-refractivity contribution in [1.82, 2.24) is 4.90 Å². The Labute approximate surface area is 128 Å². The highest BCUT2D eigenvalue weighted by atomic mass is 79.9. The molecule has 1 saturated heterocycles. The standard InChI is InChI=1S/C15H22BrNO3/c1-19-14-7-11(13(16)8-15(14)20-2)9-17-6-4-3-5-12(17)10-18/h7-8,12,18H,3-6,9-10H2,1-2H3/t12-/m0/s1. The van der Waals surface area contributed by atoms with E-state index in [9.17, 15) is 5.11 Å². The van der Waals surface area contributed by atoms with E-state index in [1.54, 1.807) is 14.2 Å². The highest BCUT2D eigenvalue weighted by Gasteiger charge is 2.22. The molecule has 0 bridgehead atoms. The Morgan fingerprint density at radius 1 is 1.25 bits per heavy atom. The minimum absolute atomic E-state index is 0.227. The molecule has 5 heteroatoms. The Balaban J connectivity index is 2.19. The second kappa shape index (κ2) is 7.29. The van der Waals surface area contributed by atoms with Crippen molar-refractivity contribution in [2.24, 2.45) is 0 Å². The fraction of sp³-hybridized carbons (Fsp3) is 0.600. The first-order chi connectivity index (χ1) is 9.69. The number of nitrogens with zero attached hydrogens (tertiary/aromatic N) is 1. The van der Waals surface area contributed by atoms with Gasteiger partial charge in [0.1, 0.15) is 0 Å². The average molecular weight is 344 g/mol. The van der Waals surface area contributed by atoms with E-state index in [4.69, 9.17) is 9.47 Å². The fourth-order valence-electron chi connectivity index (χ4n) is 2.71. The van der Waals surface area contributed by atoms with Gasteiger partial charge in [-0.3, -0.25) is 4.90 Å². The smallest absolute Gasteiger partial charge is 0.161 e. The third-order valence-electron chi connectivity index (χ3n) is 3.89. The zero-order valence-corrected chi connectivity index (χ0v) is 13.6. The topological polar surface area (TPSA) is 41.9 Å². The number of rotatable bonds is 5. The van der Waals surface area contributed by atoms with Gasteiger partial charge < -0.3 is 14.6 Å². The van der Waals surface area contributed by atoms with Crippen molar-refractivity contribution in [2.45, 2.75) is 31.8 Å². The molecule has 0 radical (unpaired) electrons. The highest BCUT2D eigenvalue weighted by molar-refractivity contribution is 9.10. The third-order valence-corrected chi connectivity index (χ3v) is 4.62. The predicted octanol–water partition coefficient (Wildman–Crippen LogP) is 2.81. The lowest BCUT2D eigenvalue weighted by atomic mass is 10.0. The van der Waals surface area contributed by atoms with Crippen LogP contribution >= 0.6 is 15.9 Å². The summed E-state index contributed by atoms with van der Waals surface area (Å²) in [4.78, 5) is 2.34. The van der Waals surface area contributed by atoms with Crippen LogP contribution in [0.3, 0.4) is 0 Å². The average Bonchev–Trinajstić information content (AvgIpc) is 2.49. The quantitative estimate of drug-likeness (QED) is 0.892. The van der Waals surface area contributed by atoms with E-state index in [-0.39, 0.29) is 12.6 Å². The maximum Gasteiger partial charge on any atom is 0.161 e. The minimum atomic E-state index is 0.227. The SMILES string of the molecule is COc1cc(Br)c(CN2CCCC[C@H]2CO)cc1OC. The van der Waals surface area contributed by atoms with Crippen LogP contribution in [0.25, 0.3) is 0 Å². The monoisotopic (exact) mass is 343 g/mol. The summed E-state index contributed by atoms with van der Waals surface area (Å²) in [7, 11) is 3.28. The van der Waals surface area contributed by atoms with Gasteiger partial charge in [-0.25, -0.2) is 0 Å². The summed E-state index contributed by atoms with van der Waals surface area (Å²) in [6.07, 6.45) is 3.47. The lowest BCUT2D eigenvalue weighted by molar-refractivity contribution is 0.0839. The summed E-state index contributed by atoms with van der Waals surface area (Å²) < 4.78 is 11.7. The van der Waals surface area contributed by atoms with Gasteiger partial charge in [-0.05, 0) is 37.1 Å². The van der Waals surface area contributed by atoms with E-state index in [1.807, 2.05) is 12.1 Å². The Morgan fingerprint density at radius 2 is 1.95 bits per heavy atom. The van der Waals surface area contributed by atoms with Gasteiger partial charge in [0.2, 0.25) is 0 Å². The molecule has 0 aromatic heterocycles. The zero-order chi connectivity index (χ0) is 14.5. The molecule has 4 nitrogen and oxygen atoms in total. The van der Waals surface area contributed by atoms with Gasteiger partial charge in [0.05, 0.1) is 20.8 Å². The van der Waals surface area contributed by atoms with Crippen molar-refractivity contribution in [3.8, 4) is 11.5 Å². The first kappa shape index (κ1) is 15.6. The Hall–Kier alpha value is -0.780. The van der Waals surface area contributed by atoms with E-state index in [1.165, 1.54) is 12.8 Å². The van der Waals surface area contributed by atoms with E-state index >= 15 is 0 Å². The summed E-state index contributed by atoms with van der Waals surface area (Å²) >= 11 is 3.60. The fourth-order valence-corrected chi connectivity index (χ4v) is 3.16. The first-order valence-corrected chi connectivity index (χ1v) is 7.74. The van der Waals surface area contributed by atoms with Crippen molar-refractivity contribution in [3.63, 3.8) is 0 Å². The summed E-state index contributed by atoms with van der Waals surface area (Å²) in [6.45, 7) is 2.07. The molecule has 0 unspecified atom stereocenters. The van der Waals surface area contributed by atoms with Gasteiger partial charge in [-0.1, -0.05) is 22.4 Å². The molecule has 1 heterocycles. The molecular formula is C15H22BrNO3. The van der Waals surface area contributed by atoms with Crippen LogP contribution in [-0.2, 0) is 6.54 Å². The maximum absolute atomic E-state index is 9.49. The molecule has 20 heavy (non-hydrogen) atoms. The van der Waals surface area contributed by atoms with Crippen LogP contribution in [0, 0.1) is 0 Å². The number of ether oxygens (including phenoxy) is 2. The lowest BCUT2D eigenvalue weighted by Gasteiger charge is -2.34. The Morgan fingerprint density at radius 3 is 2.60 bits per heavy atom. The van der Waals surface area contributed by atoms with Crippen molar-refractivity contribution in [1.29, 1.82) is 0 Å². The van der Waals surface area contributed by atoms with Gasteiger partial charge in [0.25, 0.3) is 0 Å². The van der Waals surface area contributed by atoms with Crippen LogP contribution in [0.15, 0.2) is 16.6 Å². The first-order valence-electron chi connectivity index (χ1n) is 6.95. The van der Waals surface area contributed by atoms with Crippen molar-refractivity contribution < 1.29 is 14.6 Å². The molecule has 0 saturated carbocycles. The minimum Gasteiger partial charge on any atom is -0.493 e. The predicted molar refractivity (Wildman–Crippen MR) is 82.4 cm³/mol. The van der Waals surface area contributed by atoms with E-state index < -0.39 is 0 Å². The second-order valence-electron chi connectivity index (χ2n) is 5.10. The number of methoxy groups -OCH3 is 2. The number of piperidine rings is 1. The van der Waals surface area contributed by atoms with Crippen LogP contribution in [-0.4, -0.2) is 43.4 Å². The largest absolute Gasteiger partial charge is 0.493 e. The second-order valence-corrected chi connectivity index (χ2v) is 5.96. The van der Waals surface area contributed by atoms with Crippen LogP contribution in [0.4, 0.5) is 0 Å². The Bertz CT molecular complexity index is 453. The number of aliphatic hydroxyl groups excluding tert-OH is 1. The Kier molecular flexibility index (Phi) is 5.69. The molecule has 1 aliphatic rings. The molecule has 1 aliphatic heterocycles. The van der Waals surface area contributed by atoms with Gasteiger partial charge in [0.15, 0.2) is 11.5 Å². The molecule has 1 atom stereocenters. The van der Waals surface area contributed by atoms with Gasteiger partial charge >= 0.3 is 0 Å². The molecule has 0 spiro atoms. The number of hydrogen-bond donors (Lipinski definition) is 1.